The van der Waals surface area contributed by atoms with Crippen LogP contribution in [0.4, 0.5) is 11.8 Å². The molecule has 4 nitrogen and oxygen atoms in total. The number of nitrogens with one attached hydrogen (secondary N) is 1. The summed E-state index contributed by atoms with van der Waals surface area (Å²) >= 11 is 0. The fourth-order valence-corrected chi connectivity index (χ4v) is 1.57. The van der Waals surface area contributed by atoms with E-state index in [4.69, 9.17) is 0 Å². The van der Waals surface area contributed by atoms with Gasteiger partial charge in [0.05, 0.1) is 0 Å². The average Bonchev–Trinajstić information content (AvgIpc) is 2.36. The van der Waals surface area contributed by atoms with Crippen LogP contribution < -0.4 is 10.2 Å². The Morgan fingerprint density at radius 3 is 2.82 bits per heavy atom. The Labute approximate surface area is 104 Å². The fourth-order valence-electron chi connectivity index (χ4n) is 1.57. The molecule has 0 fully saturated rings. The molecule has 0 saturated carbocycles. The van der Waals surface area contributed by atoms with Crippen LogP contribution in [-0.2, 0) is 0 Å². The maximum absolute atomic E-state index is 4.50. The van der Waals surface area contributed by atoms with Gasteiger partial charge in [0.25, 0.3) is 0 Å². The van der Waals surface area contributed by atoms with Crippen LogP contribution in [0.15, 0.2) is 12.3 Å². The quantitative estimate of drug-likeness (QED) is 0.790. The normalized spacial score (nSPS) is 12.2. The molecule has 0 aliphatic heterocycles. The first kappa shape index (κ1) is 13.7. The van der Waals surface area contributed by atoms with E-state index >= 15 is 0 Å². The van der Waals surface area contributed by atoms with E-state index in [9.17, 15) is 0 Å². The number of aromatic nitrogens is 2. The van der Waals surface area contributed by atoms with Crippen LogP contribution in [0.3, 0.4) is 0 Å². The maximum atomic E-state index is 4.50. The molecule has 1 rings (SSSR count). The first-order chi connectivity index (χ1) is 8.17. The van der Waals surface area contributed by atoms with Gasteiger partial charge >= 0.3 is 0 Å². The molecule has 0 aliphatic carbocycles. The van der Waals surface area contributed by atoms with E-state index in [0.717, 1.165) is 31.3 Å². The zero-order valence-electron chi connectivity index (χ0n) is 11.4. The SMILES string of the molecule is CCCNc1nccc(N(C)CC(C)CC)n1. The highest BCUT2D eigenvalue weighted by molar-refractivity contribution is 5.41. The van der Waals surface area contributed by atoms with Gasteiger partial charge in [0.15, 0.2) is 0 Å². The van der Waals surface area contributed by atoms with Crippen molar-refractivity contribution in [1.29, 1.82) is 0 Å². The van der Waals surface area contributed by atoms with Crippen LogP contribution in [0.25, 0.3) is 0 Å². The van der Waals surface area contributed by atoms with E-state index in [1.807, 2.05) is 12.3 Å². The highest BCUT2D eigenvalue weighted by Crippen LogP contribution is 2.13. The maximum Gasteiger partial charge on any atom is 0.224 e. The molecule has 0 amide bonds. The fraction of sp³-hybridized carbons (Fsp3) is 0.692. The van der Waals surface area contributed by atoms with E-state index in [-0.39, 0.29) is 0 Å². The second kappa shape index (κ2) is 7.09. The third-order valence-electron chi connectivity index (χ3n) is 2.85. The largest absolute Gasteiger partial charge is 0.359 e. The summed E-state index contributed by atoms with van der Waals surface area (Å²) in [6.07, 6.45) is 4.08. The molecular weight excluding hydrogens is 212 g/mol. The third-order valence-corrected chi connectivity index (χ3v) is 2.85. The standard InChI is InChI=1S/C13H24N4/c1-5-8-14-13-15-9-7-12(16-13)17(4)10-11(3)6-2/h7,9,11H,5-6,8,10H2,1-4H3,(H,14,15,16). The number of hydrogen-bond donors (Lipinski definition) is 1. The molecule has 1 aromatic heterocycles. The van der Waals surface area contributed by atoms with Gasteiger partial charge in [0.2, 0.25) is 5.95 Å². The Morgan fingerprint density at radius 1 is 1.41 bits per heavy atom. The first-order valence-corrected chi connectivity index (χ1v) is 6.45. The van der Waals surface area contributed by atoms with Crippen molar-refractivity contribution in [3.8, 4) is 0 Å². The summed E-state index contributed by atoms with van der Waals surface area (Å²) in [6, 6.07) is 1.96. The van der Waals surface area contributed by atoms with E-state index in [0.29, 0.717) is 5.92 Å². The lowest BCUT2D eigenvalue weighted by Crippen LogP contribution is -2.24. The lowest BCUT2D eigenvalue weighted by Gasteiger charge is -2.21. The predicted molar refractivity (Wildman–Crippen MR) is 73.5 cm³/mol. The number of hydrogen-bond acceptors (Lipinski definition) is 4. The lowest BCUT2D eigenvalue weighted by molar-refractivity contribution is 0.557. The smallest absolute Gasteiger partial charge is 0.224 e. The van der Waals surface area contributed by atoms with Crippen molar-refractivity contribution in [1.82, 2.24) is 9.97 Å². The molecule has 1 heterocycles. The molecule has 0 bridgehead atoms. The molecule has 1 unspecified atom stereocenters. The summed E-state index contributed by atoms with van der Waals surface area (Å²) in [6.45, 7) is 8.55. The molecule has 96 valence electrons. The van der Waals surface area contributed by atoms with Crippen molar-refractivity contribution in [3.63, 3.8) is 0 Å². The number of rotatable bonds is 7. The summed E-state index contributed by atoms with van der Waals surface area (Å²) in [5.41, 5.74) is 0. The Morgan fingerprint density at radius 2 is 2.18 bits per heavy atom. The summed E-state index contributed by atoms with van der Waals surface area (Å²) < 4.78 is 0. The number of anilines is 2. The van der Waals surface area contributed by atoms with Gasteiger partial charge in [-0.15, -0.1) is 0 Å². The van der Waals surface area contributed by atoms with Crippen LogP contribution in [0.5, 0.6) is 0 Å². The molecule has 1 N–H and O–H groups in total. The van der Waals surface area contributed by atoms with Gasteiger partial charge in [-0.25, -0.2) is 4.98 Å². The minimum atomic E-state index is 0.682. The van der Waals surface area contributed by atoms with Gasteiger partial charge in [-0.1, -0.05) is 27.2 Å². The minimum absolute atomic E-state index is 0.682. The minimum Gasteiger partial charge on any atom is -0.359 e. The van der Waals surface area contributed by atoms with Crippen LogP contribution in [0.1, 0.15) is 33.6 Å². The van der Waals surface area contributed by atoms with E-state index in [2.05, 4.69) is 48.0 Å². The van der Waals surface area contributed by atoms with Crippen molar-refractivity contribution in [3.05, 3.63) is 12.3 Å². The van der Waals surface area contributed by atoms with Crippen molar-refractivity contribution in [2.45, 2.75) is 33.6 Å². The molecule has 1 aromatic rings. The summed E-state index contributed by atoms with van der Waals surface area (Å²) in [5.74, 6) is 2.39. The van der Waals surface area contributed by atoms with Crippen LogP contribution >= 0.6 is 0 Å². The zero-order chi connectivity index (χ0) is 12.7. The van der Waals surface area contributed by atoms with Crippen molar-refractivity contribution < 1.29 is 0 Å². The highest BCUT2D eigenvalue weighted by atomic mass is 15.2. The van der Waals surface area contributed by atoms with Crippen molar-refractivity contribution >= 4 is 11.8 Å². The molecular formula is C13H24N4. The Bertz CT molecular complexity index is 327. The summed E-state index contributed by atoms with van der Waals surface area (Å²) in [4.78, 5) is 10.9. The number of nitrogens with zero attached hydrogens (tertiary/aromatic N) is 3. The molecule has 17 heavy (non-hydrogen) atoms. The molecule has 0 radical (unpaired) electrons. The van der Waals surface area contributed by atoms with Gasteiger partial charge in [0.1, 0.15) is 5.82 Å². The molecule has 0 aromatic carbocycles. The highest BCUT2D eigenvalue weighted by Gasteiger charge is 2.07. The Hall–Kier alpha value is -1.32. The summed E-state index contributed by atoms with van der Waals surface area (Å²) in [5, 5.41) is 3.21. The molecule has 1 atom stereocenters. The van der Waals surface area contributed by atoms with E-state index < -0.39 is 0 Å². The second-order valence-electron chi connectivity index (χ2n) is 4.56. The van der Waals surface area contributed by atoms with Gasteiger partial charge in [-0.2, -0.15) is 4.98 Å². The van der Waals surface area contributed by atoms with Crippen LogP contribution in [0, 0.1) is 5.92 Å². The van der Waals surface area contributed by atoms with Gasteiger partial charge in [0, 0.05) is 26.3 Å². The van der Waals surface area contributed by atoms with Gasteiger partial charge < -0.3 is 10.2 Å². The monoisotopic (exact) mass is 236 g/mol. The molecule has 0 aliphatic rings. The average molecular weight is 236 g/mol. The Balaban J connectivity index is 2.63. The van der Waals surface area contributed by atoms with Crippen LogP contribution in [0.2, 0.25) is 0 Å². The summed E-state index contributed by atoms with van der Waals surface area (Å²) in [7, 11) is 2.08. The van der Waals surface area contributed by atoms with Gasteiger partial charge in [-0.05, 0) is 18.4 Å². The molecule has 4 heteroatoms. The van der Waals surface area contributed by atoms with Gasteiger partial charge in [-0.3, -0.25) is 0 Å². The topological polar surface area (TPSA) is 41.1 Å². The van der Waals surface area contributed by atoms with Crippen molar-refractivity contribution in [2.75, 3.05) is 30.4 Å². The first-order valence-electron chi connectivity index (χ1n) is 6.45. The van der Waals surface area contributed by atoms with Crippen LogP contribution in [-0.4, -0.2) is 30.1 Å². The lowest BCUT2D eigenvalue weighted by atomic mass is 10.1. The second-order valence-corrected chi connectivity index (χ2v) is 4.56. The molecule has 0 spiro atoms. The molecule has 0 saturated heterocycles. The van der Waals surface area contributed by atoms with E-state index in [1.54, 1.807) is 0 Å². The predicted octanol–water partition coefficient (Wildman–Crippen LogP) is 2.78. The van der Waals surface area contributed by atoms with Crippen molar-refractivity contribution in [2.24, 2.45) is 5.92 Å². The van der Waals surface area contributed by atoms with E-state index in [1.165, 1.54) is 6.42 Å². The zero-order valence-corrected chi connectivity index (χ0v) is 11.4. The Kier molecular flexibility index (Phi) is 5.73. The third kappa shape index (κ3) is 4.59.